The summed E-state index contributed by atoms with van der Waals surface area (Å²) >= 11 is 0. The maximum absolute atomic E-state index is 12.3. The van der Waals surface area contributed by atoms with Crippen LogP contribution >= 0.6 is 0 Å². The molecule has 0 saturated carbocycles. The number of carbonyl (C=O) groups excluding carboxylic acids is 2. The first-order valence-electron chi connectivity index (χ1n) is 14.1. The Morgan fingerprint density at radius 1 is 0.600 bits per heavy atom. The Bertz CT molecular complexity index is 952. The van der Waals surface area contributed by atoms with Gasteiger partial charge in [0, 0.05) is 49.9 Å². The third-order valence-corrected chi connectivity index (χ3v) is 6.56. The third kappa shape index (κ3) is 12.6. The fourth-order valence-corrected chi connectivity index (χ4v) is 4.33. The molecule has 6 N–H and O–H groups in total. The van der Waals surface area contributed by atoms with Gasteiger partial charge in [0.15, 0.2) is 0 Å². The van der Waals surface area contributed by atoms with Crippen molar-refractivity contribution in [3.63, 3.8) is 0 Å². The third-order valence-electron chi connectivity index (χ3n) is 6.56. The molecular weight excluding hydrogens is 512 g/mol. The van der Waals surface area contributed by atoms with E-state index in [1.165, 1.54) is 0 Å². The summed E-state index contributed by atoms with van der Waals surface area (Å²) in [4.78, 5) is 24.6. The molecule has 0 aliphatic carbocycles. The molecule has 2 rings (SSSR count). The van der Waals surface area contributed by atoms with Crippen molar-refractivity contribution in [1.29, 1.82) is 0 Å². The van der Waals surface area contributed by atoms with Gasteiger partial charge in [-0.05, 0) is 36.4 Å². The first-order chi connectivity index (χ1) is 19.5. The lowest BCUT2D eigenvalue weighted by molar-refractivity contribution is -0.664. The zero-order chi connectivity index (χ0) is 29.0. The van der Waals surface area contributed by atoms with Gasteiger partial charge in [0.2, 0.25) is 11.8 Å². The summed E-state index contributed by atoms with van der Waals surface area (Å²) in [7, 11) is 6.41. The smallest absolute Gasteiger partial charge is 0.224 e. The Morgan fingerprint density at radius 3 is 1.38 bits per heavy atom. The number of hydrogen-bond donors (Lipinski definition) is 4. The maximum atomic E-state index is 12.3. The molecule has 2 aromatic rings. The molecule has 0 aromatic heterocycles. The number of nitrogens with one attached hydrogen (secondary N) is 2. The van der Waals surface area contributed by atoms with Crippen molar-refractivity contribution in [2.24, 2.45) is 0 Å². The van der Waals surface area contributed by atoms with Crippen molar-refractivity contribution in [2.75, 3.05) is 67.7 Å². The van der Waals surface area contributed by atoms with Gasteiger partial charge in [-0.25, -0.2) is 0 Å². The number of rotatable bonds is 21. The summed E-state index contributed by atoms with van der Waals surface area (Å²) in [6.07, 6.45) is 4.74. The predicted molar refractivity (Wildman–Crippen MR) is 154 cm³/mol. The summed E-state index contributed by atoms with van der Waals surface area (Å²) in [5.41, 5.74) is 1.64. The monoisotopic (exact) mass is 560 g/mol. The number of unbranched alkanes of at least 4 members (excludes halogenated alkanes) is 1. The van der Waals surface area contributed by atoms with Crippen molar-refractivity contribution in [3.05, 3.63) is 47.5 Å². The minimum atomic E-state index is -0.0150. The summed E-state index contributed by atoms with van der Waals surface area (Å²) in [6, 6.07) is 11.0. The molecular formula is C30H48N4O6+2. The number of quaternary nitrogens is 2. The average molecular weight is 561 g/mol. The molecule has 0 unspecified atom stereocenters. The molecule has 0 fully saturated rings. The fraction of sp³-hybridized carbons (Fsp3) is 0.533. The van der Waals surface area contributed by atoms with Crippen LogP contribution in [-0.4, -0.2) is 79.5 Å². The first-order valence-corrected chi connectivity index (χ1v) is 14.1. The van der Waals surface area contributed by atoms with Crippen molar-refractivity contribution in [3.8, 4) is 23.0 Å². The molecule has 0 atom stereocenters. The van der Waals surface area contributed by atoms with Gasteiger partial charge in [0.25, 0.3) is 0 Å². The molecule has 0 saturated heterocycles. The average Bonchev–Trinajstić information content (AvgIpc) is 2.97. The zero-order valence-electron chi connectivity index (χ0n) is 24.6. The van der Waals surface area contributed by atoms with Crippen molar-refractivity contribution < 1.29 is 39.2 Å². The molecule has 0 aliphatic rings. The van der Waals surface area contributed by atoms with Crippen LogP contribution in [0.1, 0.15) is 36.8 Å². The van der Waals surface area contributed by atoms with E-state index in [9.17, 15) is 9.59 Å². The van der Waals surface area contributed by atoms with Crippen molar-refractivity contribution in [2.45, 2.75) is 38.5 Å². The van der Waals surface area contributed by atoms with Gasteiger partial charge < -0.3 is 40.2 Å². The van der Waals surface area contributed by atoms with Gasteiger partial charge in [0.05, 0.1) is 67.5 Å². The van der Waals surface area contributed by atoms with Gasteiger partial charge in [0.1, 0.15) is 23.0 Å². The van der Waals surface area contributed by atoms with Gasteiger partial charge in [-0.1, -0.05) is 0 Å². The molecule has 10 heteroatoms. The molecule has 2 aromatic carbocycles. The second-order valence-corrected chi connectivity index (χ2v) is 9.56. The van der Waals surface area contributed by atoms with Crippen LogP contribution in [0.25, 0.3) is 0 Å². The summed E-state index contributed by atoms with van der Waals surface area (Å²) in [5.74, 6) is 2.77. The van der Waals surface area contributed by atoms with Crippen LogP contribution in [0.4, 0.5) is 0 Å². The molecule has 222 valence electrons. The molecule has 2 amide bonds. The highest BCUT2D eigenvalue weighted by Gasteiger charge is 2.11. The van der Waals surface area contributed by atoms with Gasteiger partial charge in [-0.3, -0.25) is 9.59 Å². The minimum absolute atomic E-state index is 0.0150. The second kappa shape index (κ2) is 19.5. The lowest BCUT2D eigenvalue weighted by atomic mass is 10.1. The van der Waals surface area contributed by atoms with Gasteiger partial charge in [-0.15, -0.1) is 0 Å². The normalized spacial score (nSPS) is 10.6. The number of hydrogen-bond acceptors (Lipinski definition) is 6. The van der Waals surface area contributed by atoms with E-state index < -0.39 is 0 Å². The van der Waals surface area contributed by atoms with E-state index in [2.05, 4.69) is 21.3 Å². The lowest BCUT2D eigenvalue weighted by Crippen LogP contribution is -2.86. The first kappa shape index (κ1) is 32.7. The molecule has 0 aliphatic heterocycles. The van der Waals surface area contributed by atoms with E-state index in [1.807, 2.05) is 36.4 Å². The Labute approximate surface area is 238 Å². The number of ether oxygens (including phenoxy) is 4. The van der Waals surface area contributed by atoms with Crippen LogP contribution in [0.3, 0.4) is 0 Å². The van der Waals surface area contributed by atoms with E-state index in [0.717, 1.165) is 63.0 Å². The standard InChI is InChI=1S/C30H46N4O6/c1-37-25-9-11-27(39-3)23(19-25)21-29(35)33-17-7-15-31-13-5-6-14-32-16-8-18-34-30(36)22-24-20-26(38-2)10-12-28(24)40-4/h9-12,19-20,31-32H,5-8,13-18,21-22H2,1-4H3,(H,33,35)(H,34,36)/p+2. The SMILES string of the molecule is COc1ccc(OC)c(CC(=O)NCCC[NH2+]CCCC[NH2+]CCCNC(=O)Cc2cc(OC)ccc2OC)c1. The molecule has 0 radical (unpaired) electrons. The molecule has 0 spiro atoms. The number of nitrogens with two attached hydrogens (primary N) is 2. The number of methoxy groups -OCH3 is 4. The van der Waals surface area contributed by atoms with Crippen LogP contribution < -0.4 is 40.2 Å². The van der Waals surface area contributed by atoms with Crippen LogP contribution in [0, 0.1) is 0 Å². The topological polar surface area (TPSA) is 128 Å². The van der Waals surface area contributed by atoms with E-state index in [-0.39, 0.29) is 24.7 Å². The van der Waals surface area contributed by atoms with E-state index in [1.54, 1.807) is 28.4 Å². The number of benzene rings is 2. The lowest BCUT2D eigenvalue weighted by Gasteiger charge is -2.11. The highest BCUT2D eigenvalue weighted by atomic mass is 16.5. The maximum Gasteiger partial charge on any atom is 0.224 e. The molecule has 0 heterocycles. The van der Waals surface area contributed by atoms with Crippen molar-refractivity contribution in [1.82, 2.24) is 10.6 Å². The van der Waals surface area contributed by atoms with Gasteiger partial charge in [-0.2, -0.15) is 0 Å². The van der Waals surface area contributed by atoms with Gasteiger partial charge >= 0.3 is 0 Å². The summed E-state index contributed by atoms with van der Waals surface area (Å²) < 4.78 is 21.2. The highest BCUT2D eigenvalue weighted by Crippen LogP contribution is 2.25. The van der Waals surface area contributed by atoms with E-state index in [4.69, 9.17) is 18.9 Å². The van der Waals surface area contributed by atoms with Crippen LogP contribution in [0.5, 0.6) is 23.0 Å². The predicted octanol–water partition coefficient (Wildman–Crippen LogP) is 0.426. The summed E-state index contributed by atoms with van der Waals surface area (Å²) in [5, 5.41) is 10.6. The summed E-state index contributed by atoms with van der Waals surface area (Å²) in [6.45, 7) is 5.50. The Balaban J connectivity index is 1.42. The molecule has 10 nitrogen and oxygen atoms in total. The molecule has 40 heavy (non-hydrogen) atoms. The van der Waals surface area contributed by atoms with Crippen LogP contribution in [-0.2, 0) is 22.4 Å². The Kier molecular flexibility index (Phi) is 16.0. The Morgan fingerprint density at radius 2 is 1.00 bits per heavy atom. The van der Waals surface area contributed by atoms with Crippen LogP contribution in [0.15, 0.2) is 36.4 Å². The van der Waals surface area contributed by atoms with E-state index >= 15 is 0 Å². The number of amides is 2. The number of carbonyl (C=O) groups is 2. The van der Waals surface area contributed by atoms with E-state index in [0.29, 0.717) is 36.1 Å². The Hall–Kier alpha value is -3.50. The zero-order valence-corrected chi connectivity index (χ0v) is 24.6. The molecule has 0 bridgehead atoms. The second-order valence-electron chi connectivity index (χ2n) is 9.56. The fourth-order valence-electron chi connectivity index (χ4n) is 4.33. The highest BCUT2D eigenvalue weighted by molar-refractivity contribution is 5.80. The quantitative estimate of drug-likeness (QED) is 0.164. The minimum Gasteiger partial charge on any atom is -0.497 e. The van der Waals surface area contributed by atoms with Crippen LogP contribution in [0.2, 0.25) is 0 Å². The largest absolute Gasteiger partial charge is 0.497 e. The van der Waals surface area contributed by atoms with Crippen molar-refractivity contribution >= 4 is 11.8 Å².